The Labute approximate surface area is 162 Å². The van der Waals surface area contributed by atoms with E-state index in [-0.39, 0.29) is 35.7 Å². The lowest BCUT2D eigenvalue weighted by Gasteiger charge is -2.17. The largest absolute Gasteiger partial charge is 0.510 e. The minimum atomic E-state index is -3.77. The van der Waals surface area contributed by atoms with Crippen LogP contribution in [0.25, 0.3) is 10.8 Å². The van der Waals surface area contributed by atoms with Crippen molar-refractivity contribution in [1.29, 1.82) is 0 Å². The standard InChI is InChI=1S/C18H23N3O6S/c1-12(2)27-18(23)26-11-20-8-7-14-15(17(20)22)4-3-5-16(14)28(24,25)21-9-6-13(19)10-21/h3-5,7-8,12-13H,6,9-11,19H2,1-2H3/t13-/m1/s1. The average Bonchev–Trinajstić information content (AvgIpc) is 3.07. The van der Waals surface area contributed by atoms with Gasteiger partial charge in [0, 0.05) is 36.1 Å². The molecule has 2 N–H and O–H groups in total. The summed E-state index contributed by atoms with van der Waals surface area (Å²) in [5, 5.41) is 0.530. The van der Waals surface area contributed by atoms with Crippen molar-refractivity contribution >= 4 is 27.0 Å². The number of benzene rings is 1. The van der Waals surface area contributed by atoms with E-state index in [4.69, 9.17) is 15.2 Å². The Bertz CT molecular complexity index is 1050. The van der Waals surface area contributed by atoms with Crippen LogP contribution >= 0.6 is 0 Å². The van der Waals surface area contributed by atoms with Gasteiger partial charge in [-0.2, -0.15) is 4.31 Å². The lowest BCUT2D eigenvalue weighted by molar-refractivity contribution is 0.0154. The van der Waals surface area contributed by atoms with Crippen LogP contribution in [0.2, 0.25) is 0 Å². The molecular formula is C18H23N3O6S. The molecule has 1 saturated heterocycles. The van der Waals surface area contributed by atoms with Gasteiger partial charge in [0.15, 0.2) is 6.73 Å². The summed E-state index contributed by atoms with van der Waals surface area (Å²) in [5.41, 5.74) is 5.37. The van der Waals surface area contributed by atoms with E-state index in [9.17, 15) is 18.0 Å². The van der Waals surface area contributed by atoms with Gasteiger partial charge in [-0.3, -0.25) is 9.36 Å². The molecule has 28 heavy (non-hydrogen) atoms. The highest BCUT2D eigenvalue weighted by atomic mass is 32.2. The van der Waals surface area contributed by atoms with Crippen molar-refractivity contribution < 1.29 is 22.7 Å². The molecule has 152 valence electrons. The number of hydrogen-bond acceptors (Lipinski definition) is 7. The number of nitrogens with zero attached hydrogens (tertiary/aromatic N) is 2. The predicted molar refractivity (Wildman–Crippen MR) is 102 cm³/mol. The van der Waals surface area contributed by atoms with Crippen LogP contribution in [0, 0.1) is 0 Å². The van der Waals surface area contributed by atoms with Crippen molar-refractivity contribution in [2.75, 3.05) is 13.1 Å². The van der Waals surface area contributed by atoms with Crippen LogP contribution in [0.4, 0.5) is 4.79 Å². The SMILES string of the molecule is CC(C)OC(=O)OCn1ccc2c(S(=O)(=O)N3CC[C@@H](N)C3)cccc2c1=O. The van der Waals surface area contributed by atoms with Gasteiger partial charge in [-0.25, -0.2) is 13.2 Å². The molecule has 1 fully saturated rings. The first kappa shape index (κ1) is 20.3. The summed E-state index contributed by atoms with van der Waals surface area (Å²) in [4.78, 5) is 24.3. The van der Waals surface area contributed by atoms with Crippen molar-refractivity contribution in [3.05, 3.63) is 40.8 Å². The number of carbonyl (C=O) groups is 1. The van der Waals surface area contributed by atoms with E-state index in [0.717, 1.165) is 0 Å². The van der Waals surface area contributed by atoms with Crippen molar-refractivity contribution in [1.82, 2.24) is 8.87 Å². The highest BCUT2D eigenvalue weighted by Crippen LogP contribution is 2.26. The molecule has 0 saturated carbocycles. The summed E-state index contributed by atoms with van der Waals surface area (Å²) in [6, 6.07) is 5.86. The predicted octanol–water partition coefficient (Wildman–Crippen LogP) is 1.24. The first-order valence-corrected chi connectivity index (χ1v) is 10.4. The van der Waals surface area contributed by atoms with Crippen molar-refractivity contribution in [2.24, 2.45) is 5.73 Å². The Hall–Kier alpha value is -2.43. The molecule has 2 aromatic rings. The minimum Gasteiger partial charge on any atom is -0.432 e. The Morgan fingerprint density at radius 2 is 2.04 bits per heavy atom. The number of aromatic nitrogens is 1. The molecule has 0 amide bonds. The summed E-state index contributed by atoms with van der Waals surface area (Å²) in [7, 11) is -3.77. The van der Waals surface area contributed by atoms with Crippen LogP contribution < -0.4 is 11.3 Å². The molecule has 1 aliphatic rings. The van der Waals surface area contributed by atoms with E-state index >= 15 is 0 Å². The summed E-state index contributed by atoms with van der Waals surface area (Å²) >= 11 is 0. The van der Waals surface area contributed by atoms with Crippen molar-refractivity contribution in [3.8, 4) is 0 Å². The lowest BCUT2D eigenvalue weighted by Crippen LogP contribution is -2.32. The van der Waals surface area contributed by atoms with Crippen LogP contribution in [0.15, 0.2) is 40.2 Å². The second kappa shape index (κ2) is 7.90. The fourth-order valence-corrected chi connectivity index (χ4v) is 4.79. The normalized spacial score (nSPS) is 17.9. The van der Waals surface area contributed by atoms with E-state index < -0.39 is 21.7 Å². The minimum absolute atomic E-state index is 0.0588. The van der Waals surface area contributed by atoms with Gasteiger partial charge >= 0.3 is 6.16 Å². The number of nitrogens with two attached hydrogens (primary N) is 1. The van der Waals surface area contributed by atoms with E-state index in [2.05, 4.69) is 0 Å². The molecular weight excluding hydrogens is 386 g/mol. The molecule has 1 atom stereocenters. The highest BCUT2D eigenvalue weighted by molar-refractivity contribution is 7.89. The summed E-state index contributed by atoms with van der Waals surface area (Å²) in [5.74, 6) is 0. The molecule has 1 aromatic carbocycles. The van der Waals surface area contributed by atoms with Crippen LogP contribution in [0.3, 0.4) is 0 Å². The van der Waals surface area contributed by atoms with Gasteiger partial charge in [0.1, 0.15) is 0 Å². The number of fused-ring (bicyclic) bond motifs is 1. The molecule has 1 aromatic heterocycles. The number of sulfonamides is 1. The third-order valence-electron chi connectivity index (χ3n) is 4.44. The van der Waals surface area contributed by atoms with Crippen molar-refractivity contribution in [2.45, 2.75) is 44.0 Å². The second-order valence-electron chi connectivity index (χ2n) is 6.91. The number of pyridine rings is 1. The maximum atomic E-state index is 13.0. The summed E-state index contributed by atoms with van der Waals surface area (Å²) < 4.78 is 38.3. The number of ether oxygens (including phenoxy) is 2. The molecule has 0 unspecified atom stereocenters. The molecule has 0 radical (unpaired) electrons. The topological polar surface area (TPSA) is 121 Å². The zero-order chi connectivity index (χ0) is 20.5. The number of hydrogen-bond donors (Lipinski definition) is 1. The summed E-state index contributed by atoms with van der Waals surface area (Å²) in [6.07, 6.45) is 0.763. The number of carbonyl (C=O) groups excluding carboxylic acids is 1. The first-order chi connectivity index (χ1) is 13.2. The van der Waals surface area contributed by atoms with Gasteiger partial charge in [-0.1, -0.05) is 6.07 Å². The Kier molecular flexibility index (Phi) is 5.73. The van der Waals surface area contributed by atoms with Crippen LogP contribution in [-0.2, 0) is 26.2 Å². The maximum absolute atomic E-state index is 13.0. The van der Waals surface area contributed by atoms with Gasteiger partial charge in [0.2, 0.25) is 10.0 Å². The molecule has 1 aliphatic heterocycles. The van der Waals surface area contributed by atoms with E-state index in [1.165, 1.54) is 39.3 Å². The van der Waals surface area contributed by atoms with E-state index in [0.29, 0.717) is 18.4 Å². The molecule has 0 spiro atoms. The zero-order valence-electron chi connectivity index (χ0n) is 15.7. The van der Waals surface area contributed by atoms with Crippen LogP contribution in [0.5, 0.6) is 0 Å². The van der Waals surface area contributed by atoms with Gasteiger partial charge in [-0.15, -0.1) is 0 Å². The Morgan fingerprint density at radius 3 is 2.68 bits per heavy atom. The second-order valence-corrected chi connectivity index (χ2v) is 8.82. The van der Waals surface area contributed by atoms with Crippen LogP contribution in [-0.4, -0.2) is 48.7 Å². The molecule has 9 nitrogen and oxygen atoms in total. The highest BCUT2D eigenvalue weighted by Gasteiger charge is 2.32. The Morgan fingerprint density at radius 1 is 1.29 bits per heavy atom. The van der Waals surface area contributed by atoms with Gasteiger partial charge in [-0.05, 0) is 38.5 Å². The van der Waals surface area contributed by atoms with Crippen molar-refractivity contribution in [3.63, 3.8) is 0 Å². The fraction of sp³-hybridized carbons (Fsp3) is 0.444. The molecule has 3 rings (SSSR count). The van der Waals surface area contributed by atoms with Crippen LogP contribution in [0.1, 0.15) is 20.3 Å². The van der Waals surface area contributed by atoms with Gasteiger partial charge < -0.3 is 15.2 Å². The lowest BCUT2D eigenvalue weighted by atomic mass is 10.2. The smallest absolute Gasteiger partial charge is 0.432 e. The molecule has 2 heterocycles. The van der Waals surface area contributed by atoms with E-state index in [1.807, 2.05) is 0 Å². The Balaban J connectivity index is 1.93. The maximum Gasteiger partial charge on any atom is 0.510 e. The van der Waals surface area contributed by atoms with Gasteiger partial charge in [0.25, 0.3) is 5.56 Å². The average molecular weight is 409 g/mol. The molecule has 0 bridgehead atoms. The third-order valence-corrected chi connectivity index (χ3v) is 6.36. The third kappa shape index (κ3) is 4.03. The summed E-state index contributed by atoms with van der Waals surface area (Å²) in [6.45, 7) is 3.62. The monoisotopic (exact) mass is 409 g/mol. The first-order valence-electron chi connectivity index (χ1n) is 8.91. The quantitative estimate of drug-likeness (QED) is 0.738. The van der Waals surface area contributed by atoms with Gasteiger partial charge in [0.05, 0.1) is 11.0 Å². The van der Waals surface area contributed by atoms with E-state index in [1.54, 1.807) is 13.8 Å². The molecule has 0 aliphatic carbocycles. The fourth-order valence-electron chi connectivity index (χ4n) is 3.08. The number of rotatable bonds is 5. The molecule has 10 heteroatoms. The zero-order valence-corrected chi connectivity index (χ0v) is 16.5.